The second-order valence-electron chi connectivity index (χ2n) is 13.6. The van der Waals surface area contributed by atoms with Crippen molar-refractivity contribution in [3.05, 3.63) is 11.6 Å². The van der Waals surface area contributed by atoms with E-state index in [1.54, 1.807) is 0 Å². The zero-order chi connectivity index (χ0) is 30.4. The summed E-state index contributed by atoms with van der Waals surface area (Å²) in [6.45, 7) is 4.40. The predicted molar refractivity (Wildman–Crippen MR) is 145 cm³/mol. The molecule has 5 aliphatic rings. The van der Waals surface area contributed by atoms with Crippen molar-refractivity contribution in [1.82, 2.24) is 0 Å². The number of carbonyl (C=O) groups excluding carboxylic acids is 3. The SMILES string of the molecule is CC12CCC(OC(=O)CCC(=O)O)CC1CCC1[C@H]2CCC2(C)C(C3=CC(=O)OC3)C(OC(=O)CCC(=O)O)CC12O. The van der Waals surface area contributed by atoms with Gasteiger partial charge in [-0.3, -0.25) is 19.2 Å². The van der Waals surface area contributed by atoms with Crippen LogP contribution in [0.3, 0.4) is 0 Å². The fourth-order valence-electron chi connectivity index (χ4n) is 9.52. The van der Waals surface area contributed by atoms with Crippen LogP contribution in [0.5, 0.6) is 0 Å². The van der Waals surface area contributed by atoms with E-state index >= 15 is 0 Å². The van der Waals surface area contributed by atoms with Gasteiger partial charge in [-0.15, -0.1) is 0 Å². The maximum absolute atomic E-state index is 12.7. The molecule has 1 aliphatic heterocycles. The lowest BCUT2D eigenvalue weighted by Crippen LogP contribution is -2.62. The Morgan fingerprint density at radius 1 is 0.905 bits per heavy atom. The smallest absolute Gasteiger partial charge is 0.331 e. The summed E-state index contributed by atoms with van der Waals surface area (Å²) in [7, 11) is 0. The molecule has 0 amide bonds. The monoisotopic (exact) mass is 590 g/mol. The summed E-state index contributed by atoms with van der Waals surface area (Å²) >= 11 is 0. The Hall–Kier alpha value is -2.95. The first kappa shape index (κ1) is 30.5. The van der Waals surface area contributed by atoms with E-state index in [9.17, 15) is 29.1 Å². The number of rotatable bonds is 9. The van der Waals surface area contributed by atoms with E-state index in [0.717, 1.165) is 25.7 Å². The molecule has 3 N–H and O–H groups in total. The minimum absolute atomic E-state index is 0.0592. The molecule has 5 rings (SSSR count). The second-order valence-corrected chi connectivity index (χ2v) is 13.6. The summed E-state index contributed by atoms with van der Waals surface area (Å²) in [6, 6.07) is 0. The van der Waals surface area contributed by atoms with Crippen LogP contribution in [0.15, 0.2) is 11.6 Å². The van der Waals surface area contributed by atoms with Crippen molar-refractivity contribution in [3.63, 3.8) is 0 Å². The highest BCUT2D eigenvalue weighted by molar-refractivity contribution is 5.85. The van der Waals surface area contributed by atoms with Crippen LogP contribution in [0.25, 0.3) is 0 Å². The second kappa shape index (κ2) is 11.3. The van der Waals surface area contributed by atoms with Gasteiger partial charge >= 0.3 is 29.8 Å². The highest BCUT2D eigenvalue weighted by atomic mass is 16.6. The molecular formula is C31H42O11. The first-order chi connectivity index (χ1) is 19.8. The summed E-state index contributed by atoms with van der Waals surface area (Å²) in [6.07, 6.45) is 5.08. The van der Waals surface area contributed by atoms with Gasteiger partial charge in [0.25, 0.3) is 0 Å². The van der Waals surface area contributed by atoms with E-state index in [1.165, 1.54) is 6.08 Å². The Morgan fingerprint density at radius 3 is 2.19 bits per heavy atom. The molecular weight excluding hydrogens is 548 g/mol. The van der Waals surface area contributed by atoms with Crippen molar-refractivity contribution in [1.29, 1.82) is 0 Å². The highest BCUT2D eigenvalue weighted by Crippen LogP contribution is 2.70. The summed E-state index contributed by atoms with van der Waals surface area (Å²) in [5, 5.41) is 30.6. The predicted octanol–water partition coefficient (Wildman–Crippen LogP) is 3.41. The number of esters is 3. The van der Waals surface area contributed by atoms with Crippen molar-refractivity contribution >= 4 is 29.8 Å². The maximum Gasteiger partial charge on any atom is 0.331 e. The number of aliphatic carboxylic acids is 2. The molecule has 1 heterocycles. The lowest BCUT2D eigenvalue weighted by molar-refractivity contribution is -0.210. The standard InChI is InChI=1S/C31H42O11/c1-29-11-9-19(41-25(36)7-5-23(32)33)14-18(29)3-4-21-20(29)10-12-30(2)28(17-13-27(38)40-16-17)22(15-31(21,30)39)42-26(37)8-6-24(34)35/h13,18-22,28,39H,3-12,14-16H2,1-2H3,(H,32,33)(H,34,35)/t18?,19?,20-,21?,22?,28?,29?,30?,31?/m1/s1. The zero-order valence-electron chi connectivity index (χ0n) is 24.3. The van der Waals surface area contributed by atoms with Crippen LogP contribution in [0, 0.1) is 34.5 Å². The molecule has 8 unspecified atom stereocenters. The van der Waals surface area contributed by atoms with Crippen molar-refractivity contribution in [3.8, 4) is 0 Å². The van der Waals surface area contributed by atoms with Gasteiger partial charge in [0.1, 0.15) is 18.8 Å². The molecule has 0 aromatic carbocycles. The normalized spacial score (nSPS) is 40.5. The highest BCUT2D eigenvalue weighted by Gasteiger charge is 2.71. The fraction of sp³-hybridized carbons (Fsp3) is 0.774. The number of fused-ring (bicyclic) bond motifs is 5. The van der Waals surface area contributed by atoms with E-state index in [1.807, 2.05) is 6.92 Å². The molecule has 0 aromatic heterocycles. The Morgan fingerprint density at radius 2 is 1.57 bits per heavy atom. The van der Waals surface area contributed by atoms with Crippen LogP contribution in [0.2, 0.25) is 0 Å². The third kappa shape index (κ3) is 5.33. The Kier molecular flexibility index (Phi) is 8.19. The largest absolute Gasteiger partial charge is 0.481 e. The number of carbonyl (C=O) groups is 5. The van der Waals surface area contributed by atoms with Crippen LogP contribution in [-0.2, 0) is 38.2 Å². The lowest BCUT2D eigenvalue weighted by Gasteiger charge is -2.63. The molecule has 232 valence electrons. The van der Waals surface area contributed by atoms with Gasteiger partial charge in [-0.1, -0.05) is 13.8 Å². The van der Waals surface area contributed by atoms with Gasteiger partial charge in [0.05, 0.1) is 31.3 Å². The molecule has 0 bridgehead atoms. The summed E-state index contributed by atoms with van der Waals surface area (Å²) in [4.78, 5) is 58.8. The van der Waals surface area contributed by atoms with Crippen LogP contribution in [-0.4, -0.2) is 69.6 Å². The number of aliphatic hydroxyl groups is 1. The molecule has 0 radical (unpaired) electrons. The van der Waals surface area contributed by atoms with Crippen molar-refractivity contribution in [2.75, 3.05) is 6.61 Å². The van der Waals surface area contributed by atoms with Gasteiger partial charge in [0.15, 0.2) is 0 Å². The number of ether oxygens (including phenoxy) is 3. The number of hydrogen-bond donors (Lipinski definition) is 3. The molecule has 0 spiro atoms. The number of carboxylic acid groups (broad SMARTS) is 2. The van der Waals surface area contributed by atoms with Crippen LogP contribution >= 0.6 is 0 Å². The van der Waals surface area contributed by atoms with E-state index in [4.69, 9.17) is 24.4 Å². The Labute approximate surface area is 244 Å². The van der Waals surface area contributed by atoms with Gasteiger partial charge in [-0.05, 0) is 73.7 Å². The van der Waals surface area contributed by atoms with Crippen molar-refractivity contribution in [2.45, 2.75) is 109 Å². The Balaban J connectivity index is 1.35. The first-order valence-electron chi connectivity index (χ1n) is 15.2. The van der Waals surface area contributed by atoms with E-state index in [2.05, 4.69) is 6.92 Å². The Bertz CT molecular complexity index is 1180. The van der Waals surface area contributed by atoms with Gasteiger partial charge in [-0.2, -0.15) is 0 Å². The van der Waals surface area contributed by atoms with Crippen LogP contribution in [0.1, 0.15) is 90.9 Å². The molecule has 4 saturated carbocycles. The van der Waals surface area contributed by atoms with Crippen molar-refractivity contribution < 1.29 is 53.5 Å². The topological polar surface area (TPSA) is 174 Å². The van der Waals surface area contributed by atoms with Gasteiger partial charge in [0, 0.05) is 23.8 Å². The summed E-state index contributed by atoms with van der Waals surface area (Å²) in [5.74, 6) is -3.67. The molecule has 42 heavy (non-hydrogen) atoms. The fourth-order valence-corrected chi connectivity index (χ4v) is 9.52. The number of hydrogen-bond acceptors (Lipinski definition) is 9. The molecule has 0 aromatic rings. The van der Waals surface area contributed by atoms with Crippen LogP contribution in [0.4, 0.5) is 0 Å². The van der Waals surface area contributed by atoms with Crippen molar-refractivity contribution in [2.24, 2.45) is 34.5 Å². The average Bonchev–Trinajstić information content (AvgIpc) is 3.43. The lowest BCUT2D eigenvalue weighted by atomic mass is 9.43. The number of carboxylic acids is 2. The van der Waals surface area contributed by atoms with Crippen LogP contribution < -0.4 is 0 Å². The van der Waals surface area contributed by atoms with E-state index in [-0.39, 0.29) is 62.1 Å². The third-order valence-corrected chi connectivity index (χ3v) is 11.5. The molecule has 11 nitrogen and oxygen atoms in total. The van der Waals surface area contributed by atoms with Gasteiger partial charge < -0.3 is 29.5 Å². The maximum atomic E-state index is 12.7. The zero-order valence-corrected chi connectivity index (χ0v) is 24.3. The molecule has 11 heteroatoms. The first-order valence-corrected chi connectivity index (χ1v) is 15.2. The minimum atomic E-state index is -1.17. The molecule has 9 atom stereocenters. The van der Waals surface area contributed by atoms with E-state index in [0.29, 0.717) is 30.8 Å². The summed E-state index contributed by atoms with van der Waals surface area (Å²) in [5.41, 5.74) is -1.22. The summed E-state index contributed by atoms with van der Waals surface area (Å²) < 4.78 is 16.8. The average molecular weight is 591 g/mol. The minimum Gasteiger partial charge on any atom is -0.481 e. The number of cyclic esters (lactones) is 1. The third-order valence-electron chi connectivity index (χ3n) is 11.5. The molecule has 4 aliphatic carbocycles. The molecule has 0 saturated heterocycles. The van der Waals surface area contributed by atoms with Gasteiger partial charge in [0.2, 0.25) is 0 Å². The van der Waals surface area contributed by atoms with Gasteiger partial charge in [-0.25, -0.2) is 4.79 Å². The quantitative estimate of drug-likeness (QED) is 0.265. The molecule has 4 fully saturated rings. The van der Waals surface area contributed by atoms with E-state index < -0.39 is 52.9 Å².